The van der Waals surface area contributed by atoms with Crippen LogP contribution < -0.4 is 10.6 Å². The highest BCUT2D eigenvalue weighted by Crippen LogP contribution is 2.26. The van der Waals surface area contributed by atoms with Crippen LogP contribution in [0, 0.1) is 13.8 Å². The summed E-state index contributed by atoms with van der Waals surface area (Å²) in [6, 6.07) is 6.22. The lowest BCUT2D eigenvalue weighted by molar-refractivity contribution is -0.127. The number of nitrogens with two attached hydrogens (primary N) is 1. The zero-order chi connectivity index (χ0) is 13.1. The number of hydrogen-bond acceptors (Lipinski definition) is 3. The third-order valence-corrected chi connectivity index (χ3v) is 3.29. The highest BCUT2D eigenvalue weighted by molar-refractivity contribution is 5.96. The quantitative estimate of drug-likeness (QED) is 0.879. The summed E-state index contributed by atoms with van der Waals surface area (Å²) in [7, 11) is 0. The minimum absolute atomic E-state index is 0.0217. The summed E-state index contributed by atoms with van der Waals surface area (Å²) in [4.78, 5) is 14.0. The lowest BCUT2D eigenvalue weighted by Gasteiger charge is -2.36. The number of rotatable bonds is 3. The number of anilines is 1. The minimum Gasteiger partial charge on any atom is -0.369 e. The van der Waals surface area contributed by atoms with Gasteiger partial charge in [-0.1, -0.05) is 12.1 Å². The molecular weight excluding hydrogens is 228 g/mol. The summed E-state index contributed by atoms with van der Waals surface area (Å²) in [6.07, 6.45) is 0.763. The van der Waals surface area contributed by atoms with Crippen molar-refractivity contribution in [1.29, 1.82) is 0 Å². The summed E-state index contributed by atoms with van der Waals surface area (Å²) < 4.78 is 5.32. The van der Waals surface area contributed by atoms with Gasteiger partial charge in [0.2, 0.25) is 0 Å². The molecule has 1 unspecified atom stereocenters. The van der Waals surface area contributed by atoms with Gasteiger partial charge in [-0.3, -0.25) is 4.79 Å². The van der Waals surface area contributed by atoms with E-state index in [4.69, 9.17) is 10.5 Å². The fourth-order valence-corrected chi connectivity index (χ4v) is 2.34. The van der Waals surface area contributed by atoms with E-state index in [1.54, 1.807) is 0 Å². The first kappa shape index (κ1) is 13.1. The van der Waals surface area contributed by atoms with Gasteiger partial charge in [0.25, 0.3) is 5.91 Å². The summed E-state index contributed by atoms with van der Waals surface area (Å²) in [6.45, 7) is 5.34. The van der Waals surface area contributed by atoms with Gasteiger partial charge >= 0.3 is 0 Å². The van der Waals surface area contributed by atoms with Crippen molar-refractivity contribution < 1.29 is 9.53 Å². The largest absolute Gasteiger partial charge is 0.369 e. The zero-order valence-electron chi connectivity index (χ0n) is 11.0. The molecule has 1 aliphatic rings. The number of ether oxygens (including phenoxy) is 1. The Hall–Kier alpha value is -1.39. The Bertz CT molecular complexity index is 443. The molecule has 1 heterocycles. The van der Waals surface area contributed by atoms with Crippen molar-refractivity contribution in [2.75, 3.05) is 24.7 Å². The molecule has 1 fully saturated rings. The van der Waals surface area contributed by atoms with Gasteiger partial charge in [-0.25, -0.2) is 0 Å². The number of carbonyl (C=O) groups excluding carboxylic acids is 1. The molecule has 0 spiro atoms. The molecule has 2 rings (SSSR count). The van der Waals surface area contributed by atoms with E-state index in [9.17, 15) is 4.79 Å². The molecular formula is C14H20N2O2. The average molecular weight is 248 g/mol. The maximum Gasteiger partial charge on any atom is 0.253 e. The molecule has 1 aromatic carbocycles. The summed E-state index contributed by atoms with van der Waals surface area (Å²) >= 11 is 0. The van der Waals surface area contributed by atoms with Crippen molar-refractivity contribution >= 4 is 11.6 Å². The van der Waals surface area contributed by atoms with E-state index in [0.717, 1.165) is 23.2 Å². The van der Waals surface area contributed by atoms with Gasteiger partial charge in [0.15, 0.2) is 0 Å². The normalized spacial score (nSPS) is 20.3. The van der Waals surface area contributed by atoms with E-state index in [1.807, 2.05) is 24.8 Å². The smallest absolute Gasteiger partial charge is 0.253 e. The second-order valence-electron chi connectivity index (χ2n) is 4.80. The van der Waals surface area contributed by atoms with Crippen molar-refractivity contribution in [3.8, 4) is 0 Å². The molecule has 4 nitrogen and oxygen atoms in total. The number of amides is 1. The summed E-state index contributed by atoms with van der Waals surface area (Å²) in [5, 5.41) is 0. The van der Waals surface area contributed by atoms with Crippen LogP contribution in [0.2, 0.25) is 0 Å². The molecule has 0 saturated carbocycles. The van der Waals surface area contributed by atoms with Crippen molar-refractivity contribution in [2.45, 2.75) is 26.3 Å². The number of morpholine rings is 1. The van der Waals surface area contributed by atoms with Gasteiger partial charge in [-0.15, -0.1) is 0 Å². The molecule has 1 aromatic rings. The predicted molar refractivity (Wildman–Crippen MR) is 71.7 cm³/mol. The number of hydrogen-bond donors (Lipinski definition) is 1. The first-order valence-electron chi connectivity index (χ1n) is 6.30. The highest BCUT2D eigenvalue weighted by atomic mass is 16.5. The maximum absolute atomic E-state index is 12.1. The van der Waals surface area contributed by atoms with Crippen LogP contribution in [-0.4, -0.2) is 31.7 Å². The Morgan fingerprint density at radius 2 is 2.22 bits per heavy atom. The van der Waals surface area contributed by atoms with E-state index in [2.05, 4.69) is 12.1 Å². The molecule has 2 N–H and O–H groups in total. The van der Waals surface area contributed by atoms with Gasteiger partial charge < -0.3 is 15.4 Å². The summed E-state index contributed by atoms with van der Waals surface area (Å²) in [5.74, 6) is 0.0217. The third-order valence-electron chi connectivity index (χ3n) is 3.29. The Labute approximate surface area is 108 Å². The summed E-state index contributed by atoms with van der Waals surface area (Å²) in [5.41, 5.74) is 8.87. The van der Waals surface area contributed by atoms with Gasteiger partial charge in [0.1, 0.15) is 6.61 Å². The van der Waals surface area contributed by atoms with E-state index in [1.165, 1.54) is 0 Å². The van der Waals surface area contributed by atoms with Crippen LogP contribution in [-0.2, 0) is 9.53 Å². The lowest BCUT2D eigenvalue weighted by Crippen LogP contribution is -2.50. The van der Waals surface area contributed by atoms with Crippen LogP contribution in [0.3, 0.4) is 0 Å². The Kier molecular flexibility index (Phi) is 3.99. The molecule has 4 heteroatoms. The molecule has 1 aliphatic heterocycles. The van der Waals surface area contributed by atoms with Crippen LogP contribution in [0.5, 0.6) is 0 Å². The molecule has 0 aromatic heterocycles. The molecule has 1 amide bonds. The van der Waals surface area contributed by atoms with Crippen LogP contribution in [0.1, 0.15) is 17.5 Å². The first-order chi connectivity index (χ1) is 8.63. The van der Waals surface area contributed by atoms with Gasteiger partial charge in [-0.05, 0) is 44.0 Å². The number of aryl methyl sites for hydroxylation is 2. The standard InChI is InChI=1S/C14H20N2O2/c1-10-3-4-11(2)13(7-10)16-12(5-6-15)8-18-9-14(16)17/h3-4,7,12H,5-6,8-9,15H2,1-2H3. The lowest BCUT2D eigenvalue weighted by atomic mass is 10.1. The number of carbonyl (C=O) groups is 1. The zero-order valence-corrected chi connectivity index (χ0v) is 11.0. The minimum atomic E-state index is 0.0217. The molecule has 98 valence electrons. The van der Waals surface area contributed by atoms with Crippen LogP contribution in [0.25, 0.3) is 0 Å². The van der Waals surface area contributed by atoms with E-state index < -0.39 is 0 Å². The van der Waals surface area contributed by atoms with E-state index in [-0.39, 0.29) is 18.6 Å². The molecule has 0 bridgehead atoms. The third kappa shape index (κ3) is 2.54. The maximum atomic E-state index is 12.1. The van der Waals surface area contributed by atoms with Crippen LogP contribution in [0.4, 0.5) is 5.69 Å². The van der Waals surface area contributed by atoms with E-state index >= 15 is 0 Å². The van der Waals surface area contributed by atoms with Crippen molar-refractivity contribution in [3.05, 3.63) is 29.3 Å². The Morgan fingerprint density at radius 1 is 1.44 bits per heavy atom. The second kappa shape index (κ2) is 5.50. The Balaban J connectivity index is 2.36. The fourth-order valence-electron chi connectivity index (χ4n) is 2.34. The monoisotopic (exact) mass is 248 g/mol. The molecule has 1 atom stereocenters. The van der Waals surface area contributed by atoms with Gasteiger partial charge in [0, 0.05) is 5.69 Å². The first-order valence-corrected chi connectivity index (χ1v) is 6.30. The molecule has 0 aliphatic carbocycles. The highest BCUT2D eigenvalue weighted by Gasteiger charge is 2.30. The SMILES string of the molecule is Cc1ccc(C)c(N2C(=O)COCC2CCN)c1. The fraction of sp³-hybridized carbons (Fsp3) is 0.500. The number of benzene rings is 1. The van der Waals surface area contributed by atoms with Crippen molar-refractivity contribution in [3.63, 3.8) is 0 Å². The van der Waals surface area contributed by atoms with Crippen molar-refractivity contribution in [1.82, 2.24) is 0 Å². The van der Waals surface area contributed by atoms with Crippen LogP contribution in [0.15, 0.2) is 18.2 Å². The molecule has 18 heavy (non-hydrogen) atoms. The average Bonchev–Trinajstić information content (AvgIpc) is 2.34. The second-order valence-corrected chi connectivity index (χ2v) is 4.80. The van der Waals surface area contributed by atoms with Gasteiger partial charge in [-0.2, -0.15) is 0 Å². The van der Waals surface area contributed by atoms with Crippen LogP contribution >= 0.6 is 0 Å². The number of nitrogens with zero attached hydrogens (tertiary/aromatic N) is 1. The molecule has 1 saturated heterocycles. The van der Waals surface area contributed by atoms with Crippen molar-refractivity contribution in [2.24, 2.45) is 5.73 Å². The Morgan fingerprint density at radius 3 is 2.94 bits per heavy atom. The van der Waals surface area contributed by atoms with Gasteiger partial charge in [0.05, 0.1) is 12.6 Å². The molecule has 0 radical (unpaired) electrons. The topological polar surface area (TPSA) is 55.6 Å². The van der Waals surface area contributed by atoms with E-state index in [0.29, 0.717) is 13.2 Å². The predicted octanol–water partition coefficient (Wildman–Crippen LogP) is 1.38.